The Labute approximate surface area is 65.4 Å². The predicted molar refractivity (Wildman–Crippen MR) is 40.1 cm³/mol. The minimum atomic E-state index is -0.174. The van der Waals surface area contributed by atoms with Gasteiger partial charge in [0.05, 0.1) is 19.8 Å². The smallest absolute Gasteiger partial charge is 0.234 e. The van der Waals surface area contributed by atoms with Gasteiger partial charge >= 0.3 is 0 Å². The van der Waals surface area contributed by atoms with E-state index >= 15 is 0 Å². The van der Waals surface area contributed by atoms with Gasteiger partial charge in [-0.05, 0) is 0 Å². The molecule has 0 saturated carbocycles. The maximum Gasteiger partial charge on any atom is 0.234 e. The van der Waals surface area contributed by atoms with Crippen LogP contribution < -0.4 is 10.6 Å². The highest BCUT2D eigenvalue weighted by atomic mass is 16.3. The van der Waals surface area contributed by atoms with Crippen LogP contribution in [0.5, 0.6) is 0 Å². The van der Waals surface area contributed by atoms with Crippen LogP contribution in [0.15, 0.2) is 0 Å². The third-order valence-corrected chi connectivity index (χ3v) is 1.01. The van der Waals surface area contributed by atoms with E-state index in [-0.39, 0.29) is 32.2 Å². The van der Waals surface area contributed by atoms with Crippen LogP contribution >= 0.6 is 0 Å². The number of carbonyl (C=O) groups is 1. The molecule has 0 rings (SSSR count). The molecule has 0 aromatic heterocycles. The van der Waals surface area contributed by atoms with Crippen molar-refractivity contribution in [2.24, 2.45) is 0 Å². The monoisotopic (exact) mass is 162 g/mol. The molecule has 0 aliphatic rings. The maximum atomic E-state index is 10.7. The number of carbonyl (C=O) groups excluding carboxylic acids is 1. The van der Waals surface area contributed by atoms with Crippen molar-refractivity contribution in [2.45, 2.75) is 0 Å². The van der Waals surface area contributed by atoms with Gasteiger partial charge in [-0.3, -0.25) is 4.79 Å². The highest BCUT2D eigenvalue weighted by Crippen LogP contribution is 1.63. The van der Waals surface area contributed by atoms with Gasteiger partial charge in [-0.2, -0.15) is 0 Å². The molecule has 11 heavy (non-hydrogen) atoms. The molecule has 0 bridgehead atoms. The number of aliphatic hydroxyl groups is 2. The summed E-state index contributed by atoms with van der Waals surface area (Å²) in [6, 6.07) is 0. The fourth-order valence-electron chi connectivity index (χ4n) is 0.539. The largest absolute Gasteiger partial charge is 0.395 e. The third-order valence-electron chi connectivity index (χ3n) is 1.01. The van der Waals surface area contributed by atoms with Crippen molar-refractivity contribution in [3.05, 3.63) is 0 Å². The second kappa shape index (κ2) is 7.46. The molecular formula is C6H14N2O3. The first-order valence-electron chi connectivity index (χ1n) is 3.50. The molecule has 66 valence electrons. The quantitative estimate of drug-likeness (QED) is 0.330. The van der Waals surface area contributed by atoms with E-state index in [1.165, 1.54) is 0 Å². The summed E-state index contributed by atoms with van der Waals surface area (Å²) in [5, 5.41) is 21.8. The summed E-state index contributed by atoms with van der Waals surface area (Å²) >= 11 is 0. The number of hydrogen-bond donors (Lipinski definition) is 4. The van der Waals surface area contributed by atoms with Crippen LogP contribution in [0.3, 0.4) is 0 Å². The van der Waals surface area contributed by atoms with Gasteiger partial charge < -0.3 is 20.8 Å². The van der Waals surface area contributed by atoms with Crippen LogP contribution in [0, 0.1) is 0 Å². The fraction of sp³-hybridized carbons (Fsp3) is 0.833. The molecule has 0 aromatic carbocycles. The number of nitrogens with one attached hydrogen (secondary N) is 2. The Hall–Kier alpha value is -0.650. The summed E-state index contributed by atoms with van der Waals surface area (Å²) < 4.78 is 0. The standard InChI is InChI=1S/C6H14N2O3/c9-3-1-7-5-6(11)8-2-4-10/h7,9-10H,1-5H2,(H,8,11). The number of rotatable bonds is 6. The lowest BCUT2D eigenvalue weighted by Gasteiger charge is -2.02. The fourth-order valence-corrected chi connectivity index (χ4v) is 0.539. The lowest BCUT2D eigenvalue weighted by molar-refractivity contribution is -0.120. The zero-order valence-electron chi connectivity index (χ0n) is 6.34. The first-order valence-corrected chi connectivity index (χ1v) is 3.50. The Balaban J connectivity index is 3.09. The van der Waals surface area contributed by atoms with Gasteiger partial charge in [0.2, 0.25) is 5.91 Å². The van der Waals surface area contributed by atoms with E-state index in [1.807, 2.05) is 0 Å². The molecule has 0 unspecified atom stereocenters. The van der Waals surface area contributed by atoms with Crippen molar-refractivity contribution in [3.8, 4) is 0 Å². The van der Waals surface area contributed by atoms with Crippen LogP contribution in [0.2, 0.25) is 0 Å². The van der Waals surface area contributed by atoms with Gasteiger partial charge in [-0.15, -0.1) is 0 Å². The zero-order chi connectivity index (χ0) is 8.53. The average Bonchev–Trinajstić information content (AvgIpc) is 2.01. The Morgan fingerprint density at radius 3 is 2.36 bits per heavy atom. The van der Waals surface area contributed by atoms with Crippen molar-refractivity contribution >= 4 is 5.91 Å². The minimum absolute atomic E-state index is 0.0211. The van der Waals surface area contributed by atoms with Crippen LogP contribution in [0.4, 0.5) is 0 Å². The molecule has 5 nitrogen and oxygen atoms in total. The number of amides is 1. The molecule has 0 fully saturated rings. The van der Waals surface area contributed by atoms with Crippen LogP contribution in [0.25, 0.3) is 0 Å². The van der Waals surface area contributed by atoms with Crippen LogP contribution in [-0.4, -0.2) is 49.0 Å². The summed E-state index contributed by atoms with van der Waals surface area (Å²) in [5.41, 5.74) is 0. The second-order valence-electron chi connectivity index (χ2n) is 1.97. The molecule has 0 atom stereocenters. The van der Waals surface area contributed by atoms with E-state index in [1.54, 1.807) is 0 Å². The second-order valence-corrected chi connectivity index (χ2v) is 1.97. The summed E-state index contributed by atoms with van der Waals surface area (Å²) in [4.78, 5) is 10.7. The molecule has 0 aliphatic carbocycles. The summed E-state index contributed by atoms with van der Waals surface area (Å²) in [6.45, 7) is 0.839. The molecule has 0 aliphatic heterocycles. The van der Waals surface area contributed by atoms with Gasteiger partial charge in [0.1, 0.15) is 0 Å². The Kier molecular flexibility index (Phi) is 7.02. The molecule has 4 N–H and O–H groups in total. The summed E-state index contributed by atoms with van der Waals surface area (Å²) in [5.74, 6) is -0.174. The lowest BCUT2D eigenvalue weighted by atomic mass is 10.5. The summed E-state index contributed by atoms with van der Waals surface area (Å²) in [7, 11) is 0. The molecule has 0 radical (unpaired) electrons. The average molecular weight is 162 g/mol. The van der Waals surface area contributed by atoms with Crippen LogP contribution in [0.1, 0.15) is 0 Å². The molecule has 0 heterocycles. The van der Waals surface area contributed by atoms with E-state index in [2.05, 4.69) is 10.6 Å². The van der Waals surface area contributed by atoms with E-state index in [9.17, 15) is 4.79 Å². The van der Waals surface area contributed by atoms with Crippen LogP contribution in [-0.2, 0) is 4.79 Å². The molecule has 0 aromatic rings. The van der Waals surface area contributed by atoms with Gasteiger partial charge in [0.15, 0.2) is 0 Å². The maximum absolute atomic E-state index is 10.7. The van der Waals surface area contributed by atoms with Gasteiger partial charge in [-0.25, -0.2) is 0 Å². The van der Waals surface area contributed by atoms with E-state index in [0.29, 0.717) is 6.54 Å². The number of aliphatic hydroxyl groups excluding tert-OH is 2. The molecule has 0 spiro atoms. The Morgan fingerprint density at radius 2 is 1.82 bits per heavy atom. The third kappa shape index (κ3) is 7.24. The van der Waals surface area contributed by atoms with Crippen molar-refractivity contribution in [2.75, 3.05) is 32.8 Å². The van der Waals surface area contributed by atoms with Crippen molar-refractivity contribution < 1.29 is 15.0 Å². The van der Waals surface area contributed by atoms with Crippen molar-refractivity contribution in [1.29, 1.82) is 0 Å². The van der Waals surface area contributed by atoms with Crippen molar-refractivity contribution in [1.82, 2.24) is 10.6 Å². The highest BCUT2D eigenvalue weighted by molar-refractivity contribution is 5.77. The lowest BCUT2D eigenvalue weighted by Crippen LogP contribution is -2.36. The van der Waals surface area contributed by atoms with E-state index < -0.39 is 0 Å². The van der Waals surface area contributed by atoms with E-state index in [0.717, 1.165) is 0 Å². The zero-order valence-corrected chi connectivity index (χ0v) is 6.34. The number of hydrogen-bond acceptors (Lipinski definition) is 4. The molecule has 5 heteroatoms. The Bertz CT molecular complexity index is 108. The summed E-state index contributed by atoms with van der Waals surface area (Å²) in [6.07, 6.45) is 0. The first-order chi connectivity index (χ1) is 5.31. The van der Waals surface area contributed by atoms with E-state index in [4.69, 9.17) is 10.2 Å². The van der Waals surface area contributed by atoms with Gasteiger partial charge in [-0.1, -0.05) is 0 Å². The van der Waals surface area contributed by atoms with Crippen molar-refractivity contribution in [3.63, 3.8) is 0 Å². The Morgan fingerprint density at radius 1 is 1.18 bits per heavy atom. The SMILES string of the molecule is O=C(CNCCO)NCCO. The molecular weight excluding hydrogens is 148 g/mol. The van der Waals surface area contributed by atoms with Gasteiger partial charge in [0.25, 0.3) is 0 Å². The molecule has 1 amide bonds. The predicted octanol–water partition coefficient (Wildman–Crippen LogP) is -2.32. The normalized spacial score (nSPS) is 9.64. The highest BCUT2D eigenvalue weighted by Gasteiger charge is 1.96. The minimum Gasteiger partial charge on any atom is -0.395 e. The molecule has 0 saturated heterocycles. The first kappa shape index (κ1) is 10.3. The topological polar surface area (TPSA) is 81.6 Å². The van der Waals surface area contributed by atoms with Gasteiger partial charge in [0, 0.05) is 13.1 Å².